The Morgan fingerprint density at radius 2 is 2.05 bits per heavy atom. The lowest BCUT2D eigenvalue weighted by Gasteiger charge is -2.26. The first kappa shape index (κ1) is 17.8. The molecule has 0 fully saturated rings. The van der Waals surface area contributed by atoms with Gasteiger partial charge in [-0.3, -0.25) is 4.79 Å². The predicted octanol–water partition coefficient (Wildman–Crippen LogP) is 3.04. The van der Waals surface area contributed by atoms with E-state index in [0.717, 1.165) is 0 Å². The third-order valence-electron chi connectivity index (χ3n) is 2.91. The van der Waals surface area contributed by atoms with E-state index in [4.69, 9.17) is 5.73 Å². The average molecular weight is 365 g/mol. The number of nitrogens with two attached hydrogens (primary N) is 1. The van der Waals surface area contributed by atoms with Crippen LogP contribution < -0.4 is 15.8 Å². The first-order valence-electron chi connectivity index (χ1n) is 6.38. The first-order valence-corrected chi connectivity index (χ1v) is 7.17. The van der Waals surface area contributed by atoms with Gasteiger partial charge in [-0.25, -0.2) is 0 Å². The number of carbonyl (C=O) groups is 1. The van der Waals surface area contributed by atoms with Gasteiger partial charge in [-0.2, -0.15) is 8.78 Å². The summed E-state index contributed by atoms with van der Waals surface area (Å²) in [4.78, 5) is 11.9. The lowest BCUT2D eigenvalue weighted by molar-refractivity contribution is -0.124. The van der Waals surface area contributed by atoms with Gasteiger partial charge in [-0.1, -0.05) is 36.7 Å². The minimum absolute atomic E-state index is 0.0258. The molecule has 118 valence electrons. The van der Waals surface area contributed by atoms with E-state index in [2.05, 4.69) is 26.0 Å². The molecule has 0 aromatic heterocycles. The topological polar surface area (TPSA) is 64.4 Å². The third kappa shape index (κ3) is 5.59. The number of amides is 1. The van der Waals surface area contributed by atoms with Gasteiger partial charge in [0.15, 0.2) is 0 Å². The van der Waals surface area contributed by atoms with E-state index < -0.39 is 12.7 Å². The van der Waals surface area contributed by atoms with E-state index in [1.165, 1.54) is 6.07 Å². The molecule has 21 heavy (non-hydrogen) atoms. The molecule has 0 saturated carbocycles. The van der Waals surface area contributed by atoms with Crippen molar-refractivity contribution in [1.29, 1.82) is 0 Å². The maximum absolute atomic E-state index is 12.3. The Morgan fingerprint density at radius 3 is 2.57 bits per heavy atom. The van der Waals surface area contributed by atoms with E-state index >= 15 is 0 Å². The zero-order valence-corrected chi connectivity index (χ0v) is 13.7. The molecular formula is C14H19BrF2N2O2. The molecule has 3 N–H and O–H groups in total. The van der Waals surface area contributed by atoms with Crippen LogP contribution in [0.1, 0.15) is 26.3 Å². The molecule has 0 unspecified atom stereocenters. The largest absolute Gasteiger partial charge is 0.434 e. The maximum atomic E-state index is 12.3. The molecule has 0 saturated heterocycles. The fourth-order valence-corrected chi connectivity index (χ4v) is 1.99. The molecule has 0 radical (unpaired) electrons. The normalized spacial score (nSPS) is 13.1. The monoisotopic (exact) mass is 364 g/mol. The van der Waals surface area contributed by atoms with Crippen LogP contribution in [0.2, 0.25) is 0 Å². The van der Waals surface area contributed by atoms with Crippen molar-refractivity contribution in [2.24, 2.45) is 11.1 Å². The Hall–Kier alpha value is -1.21. The van der Waals surface area contributed by atoms with Crippen LogP contribution in [0, 0.1) is 5.41 Å². The van der Waals surface area contributed by atoms with Gasteiger partial charge in [0.05, 0.1) is 6.04 Å². The van der Waals surface area contributed by atoms with E-state index in [1.54, 1.807) is 12.1 Å². The molecule has 0 aliphatic rings. The number of alkyl halides is 2. The number of hydrogen-bond acceptors (Lipinski definition) is 3. The number of halogens is 3. The standard InChI is InChI=1S/C14H19BrF2N2O2/c1-14(2,3)11(18)12(20)19-7-8-6-9(15)4-5-10(8)21-13(16)17/h4-6,11,13H,7,18H2,1-3H3,(H,19,20)/t11-/m1/s1. The van der Waals surface area contributed by atoms with Crippen LogP contribution in [-0.2, 0) is 11.3 Å². The SMILES string of the molecule is CC(C)(C)[C@H](N)C(=O)NCc1cc(Br)ccc1OC(F)F. The highest BCUT2D eigenvalue weighted by Crippen LogP contribution is 2.25. The highest BCUT2D eigenvalue weighted by Gasteiger charge is 2.27. The minimum Gasteiger partial charge on any atom is -0.434 e. The smallest absolute Gasteiger partial charge is 0.387 e. The molecule has 0 heterocycles. The second-order valence-corrected chi connectivity index (χ2v) is 6.61. The van der Waals surface area contributed by atoms with Gasteiger partial charge < -0.3 is 15.8 Å². The van der Waals surface area contributed by atoms with Gasteiger partial charge in [0.1, 0.15) is 5.75 Å². The lowest BCUT2D eigenvalue weighted by Crippen LogP contribution is -2.48. The molecule has 0 spiro atoms. The van der Waals surface area contributed by atoms with Crippen LogP contribution in [0.5, 0.6) is 5.75 Å². The minimum atomic E-state index is -2.92. The van der Waals surface area contributed by atoms with Crippen LogP contribution >= 0.6 is 15.9 Å². The van der Waals surface area contributed by atoms with E-state index in [9.17, 15) is 13.6 Å². The Labute approximate surface area is 131 Å². The van der Waals surface area contributed by atoms with Crippen LogP contribution in [-0.4, -0.2) is 18.6 Å². The number of benzene rings is 1. The van der Waals surface area contributed by atoms with Crippen molar-refractivity contribution in [3.05, 3.63) is 28.2 Å². The summed E-state index contributed by atoms with van der Waals surface area (Å²) in [5.74, 6) is -0.316. The van der Waals surface area contributed by atoms with Gasteiger partial charge in [0, 0.05) is 16.6 Å². The molecule has 7 heteroatoms. The molecule has 1 aromatic rings. The van der Waals surface area contributed by atoms with Crippen molar-refractivity contribution in [2.45, 2.75) is 40.0 Å². The summed E-state index contributed by atoms with van der Waals surface area (Å²) < 4.78 is 29.8. The van der Waals surface area contributed by atoms with Crippen LogP contribution in [0.4, 0.5) is 8.78 Å². The fourth-order valence-electron chi connectivity index (χ4n) is 1.58. The summed E-state index contributed by atoms with van der Waals surface area (Å²) in [6.07, 6.45) is 0. The van der Waals surface area contributed by atoms with E-state index in [-0.39, 0.29) is 23.6 Å². The summed E-state index contributed by atoms with van der Waals surface area (Å²) in [7, 11) is 0. The predicted molar refractivity (Wildman–Crippen MR) is 80.1 cm³/mol. The molecule has 0 aliphatic heterocycles. The molecule has 0 aliphatic carbocycles. The Morgan fingerprint density at radius 1 is 1.43 bits per heavy atom. The summed E-state index contributed by atoms with van der Waals surface area (Å²) in [6.45, 7) is 2.69. The van der Waals surface area contributed by atoms with Gasteiger partial charge in [-0.15, -0.1) is 0 Å². The van der Waals surface area contributed by atoms with Gasteiger partial charge in [-0.05, 0) is 23.6 Å². The third-order valence-corrected chi connectivity index (χ3v) is 3.40. The van der Waals surface area contributed by atoms with Crippen LogP contribution in [0.25, 0.3) is 0 Å². The van der Waals surface area contributed by atoms with Crippen LogP contribution in [0.15, 0.2) is 22.7 Å². The zero-order chi connectivity index (χ0) is 16.2. The summed E-state index contributed by atoms with van der Waals surface area (Å²) in [6, 6.07) is 3.93. The Bertz CT molecular complexity index is 504. The number of hydrogen-bond donors (Lipinski definition) is 2. The fraction of sp³-hybridized carbons (Fsp3) is 0.500. The lowest BCUT2D eigenvalue weighted by atomic mass is 9.87. The van der Waals surface area contributed by atoms with E-state index in [0.29, 0.717) is 10.0 Å². The van der Waals surface area contributed by atoms with Gasteiger partial charge in [0.25, 0.3) is 0 Å². The van der Waals surface area contributed by atoms with Crippen molar-refractivity contribution in [3.63, 3.8) is 0 Å². The second kappa shape index (κ2) is 7.17. The first-order chi connectivity index (χ1) is 9.61. The van der Waals surface area contributed by atoms with E-state index in [1.807, 2.05) is 20.8 Å². The summed E-state index contributed by atoms with van der Waals surface area (Å²) in [5, 5.41) is 2.64. The van der Waals surface area contributed by atoms with Gasteiger partial charge in [0.2, 0.25) is 5.91 Å². The van der Waals surface area contributed by atoms with Gasteiger partial charge >= 0.3 is 6.61 Å². The van der Waals surface area contributed by atoms with Crippen molar-refractivity contribution < 1.29 is 18.3 Å². The molecular weight excluding hydrogens is 346 g/mol. The maximum Gasteiger partial charge on any atom is 0.387 e. The molecule has 4 nitrogen and oxygen atoms in total. The van der Waals surface area contributed by atoms with Crippen molar-refractivity contribution in [3.8, 4) is 5.75 Å². The molecule has 1 amide bonds. The zero-order valence-electron chi connectivity index (χ0n) is 12.1. The number of rotatable bonds is 5. The van der Waals surface area contributed by atoms with Crippen molar-refractivity contribution >= 4 is 21.8 Å². The average Bonchev–Trinajstić information content (AvgIpc) is 2.36. The van der Waals surface area contributed by atoms with Crippen LogP contribution in [0.3, 0.4) is 0 Å². The van der Waals surface area contributed by atoms with Crippen molar-refractivity contribution in [2.75, 3.05) is 0 Å². The summed E-state index contributed by atoms with van der Waals surface area (Å²) in [5.41, 5.74) is 5.89. The molecule has 1 atom stereocenters. The molecule has 0 bridgehead atoms. The number of carbonyl (C=O) groups excluding carboxylic acids is 1. The second-order valence-electron chi connectivity index (χ2n) is 5.69. The Kier molecular flexibility index (Phi) is 6.10. The summed E-state index contributed by atoms with van der Waals surface area (Å²) >= 11 is 3.25. The van der Waals surface area contributed by atoms with Crippen molar-refractivity contribution in [1.82, 2.24) is 5.32 Å². The quantitative estimate of drug-likeness (QED) is 0.843. The highest BCUT2D eigenvalue weighted by atomic mass is 79.9. The molecule has 1 aromatic carbocycles. The number of nitrogens with one attached hydrogen (secondary N) is 1. The highest BCUT2D eigenvalue weighted by molar-refractivity contribution is 9.10. The number of ether oxygens (including phenoxy) is 1. The Balaban J connectivity index is 2.79. The molecule has 1 rings (SSSR count).